The Morgan fingerprint density at radius 3 is 2.54 bits per heavy atom. The topological polar surface area (TPSA) is 43.9 Å². The number of halogens is 1. The van der Waals surface area contributed by atoms with E-state index in [1.54, 1.807) is 24.1 Å². The zero-order valence-electron chi connectivity index (χ0n) is 14.1. The molecule has 5 nitrogen and oxygen atoms in total. The van der Waals surface area contributed by atoms with Crippen molar-refractivity contribution in [3.8, 4) is 0 Å². The Bertz CT molecular complexity index is 614. The number of piperazine rings is 1. The van der Waals surface area contributed by atoms with E-state index in [4.69, 9.17) is 0 Å². The predicted molar refractivity (Wildman–Crippen MR) is 88.6 cm³/mol. The van der Waals surface area contributed by atoms with Crippen molar-refractivity contribution in [2.75, 3.05) is 39.8 Å². The lowest BCUT2D eigenvalue weighted by atomic mass is 9.94. The van der Waals surface area contributed by atoms with Crippen LogP contribution in [0.4, 0.5) is 4.39 Å². The molecular formula is C18H24FN3O2. The molecule has 3 rings (SSSR count). The highest BCUT2D eigenvalue weighted by atomic mass is 19.1. The molecule has 2 aliphatic heterocycles. The number of hydrogen-bond acceptors (Lipinski definition) is 3. The Morgan fingerprint density at radius 1 is 1.17 bits per heavy atom. The smallest absolute Gasteiger partial charge is 0.226 e. The molecule has 0 bridgehead atoms. The normalized spacial score (nSPS) is 22.8. The lowest BCUT2D eigenvalue weighted by molar-refractivity contribution is -0.145. The van der Waals surface area contributed by atoms with Gasteiger partial charge in [-0.1, -0.05) is 18.2 Å². The summed E-state index contributed by atoms with van der Waals surface area (Å²) < 4.78 is 13.7. The molecule has 2 fully saturated rings. The minimum atomic E-state index is -0.180. The first kappa shape index (κ1) is 16.9. The van der Waals surface area contributed by atoms with Gasteiger partial charge in [-0.3, -0.25) is 14.5 Å². The second-order valence-corrected chi connectivity index (χ2v) is 6.70. The molecule has 2 aliphatic rings. The van der Waals surface area contributed by atoms with Crippen LogP contribution >= 0.6 is 0 Å². The minimum absolute atomic E-state index is 0.0535. The summed E-state index contributed by atoms with van der Waals surface area (Å²) >= 11 is 0. The predicted octanol–water partition coefficient (Wildman–Crippen LogP) is 1.34. The molecule has 1 aromatic rings. The molecule has 0 radical (unpaired) electrons. The average molecular weight is 333 g/mol. The van der Waals surface area contributed by atoms with Gasteiger partial charge in [0.05, 0.1) is 0 Å². The van der Waals surface area contributed by atoms with E-state index < -0.39 is 0 Å². The van der Waals surface area contributed by atoms with Gasteiger partial charge in [0.25, 0.3) is 0 Å². The van der Waals surface area contributed by atoms with Crippen LogP contribution in [0.1, 0.15) is 18.4 Å². The third-order valence-corrected chi connectivity index (χ3v) is 5.04. The molecule has 6 heteroatoms. The van der Waals surface area contributed by atoms with E-state index in [2.05, 4.69) is 4.90 Å². The largest absolute Gasteiger partial charge is 0.346 e. The van der Waals surface area contributed by atoms with Crippen molar-refractivity contribution in [3.05, 3.63) is 35.6 Å². The Balaban J connectivity index is 1.51. The molecule has 0 N–H and O–H groups in total. The lowest BCUT2D eigenvalue weighted by Gasteiger charge is -2.38. The van der Waals surface area contributed by atoms with Crippen LogP contribution in [-0.4, -0.2) is 66.3 Å². The first-order chi connectivity index (χ1) is 11.5. The molecule has 2 amide bonds. The highest BCUT2D eigenvalue weighted by molar-refractivity contribution is 5.87. The van der Waals surface area contributed by atoms with Crippen LogP contribution in [0.3, 0.4) is 0 Å². The number of rotatable bonds is 3. The monoisotopic (exact) mass is 333 g/mol. The Hall–Kier alpha value is -1.95. The Kier molecular flexibility index (Phi) is 5.14. The van der Waals surface area contributed by atoms with Crippen molar-refractivity contribution in [1.82, 2.24) is 14.7 Å². The van der Waals surface area contributed by atoms with Gasteiger partial charge in [-0.05, 0) is 12.5 Å². The molecule has 2 saturated heterocycles. The van der Waals surface area contributed by atoms with Gasteiger partial charge >= 0.3 is 0 Å². The summed E-state index contributed by atoms with van der Waals surface area (Å²) in [7, 11) is 1.78. The summed E-state index contributed by atoms with van der Waals surface area (Å²) in [5.74, 6) is -0.201. The van der Waals surface area contributed by atoms with Crippen LogP contribution in [0.15, 0.2) is 24.3 Å². The zero-order chi connectivity index (χ0) is 17.1. The van der Waals surface area contributed by atoms with Crippen molar-refractivity contribution in [2.45, 2.75) is 19.4 Å². The molecule has 0 spiro atoms. The fraction of sp³-hybridized carbons (Fsp3) is 0.556. The molecule has 0 aromatic heterocycles. The van der Waals surface area contributed by atoms with E-state index >= 15 is 0 Å². The Morgan fingerprint density at radius 2 is 1.88 bits per heavy atom. The maximum Gasteiger partial charge on any atom is 0.226 e. The van der Waals surface area contributed by atoms with Gasteiger partial charge < -0.3 is 9.80 Å². The number of likely N-dealkylation sites (tertiary alicyclic amines) is 1. The maximum absolute atomic E-state index is 13.7. The molecule has 0 saturated carbocycles. The average Bonchev–Trinajstić information content (AvgIpc) is 2.59. The van der Waals surface area contributed by atoms with Crippen molar-refractivity contribution in [3.63, 3.8) is 0 Å². The standard InChI is InChI=1S/C18H24FN3O2/c1-20-7-6-14(12-17(20)23)18(24)22-10-8-21(9-11-22)13-15-4-2-3-5-16(15)19/h2-5,14H,6-13H2,1H3. The van der Waals surface area contributed by atoms with Gasteiger partial charge in [0.2, 0.25) is 11.8 Å². The number of carbonyl (C=O) groups excluding carboxylic acids is 2. The van der Waals surface area contributed by atoms with Crippen LogP contribution in [0.25, 0.3) is 0 Å². The third kappa shape index (κ3) is 3.75. The molecule has 130 valence electrons. The summed E-state index contributed by atoms with van der Waals surface area (Å²) in [6, 6.07) is 6.82. The zero-order valence-corrected chi connectivity index (χ0v) is 14.1. The van der Waals surface area contributed by atoms with Gasteiger partial charge in [0, 0.05) is 64.2 Å². The number of amides is 2. The van der Waals surface area contributed by atoms with Crippen molar-refractivity contribution in [2.24, 2.45) is 5.92 Å². The van der Waals surface area contributed by atoms with E-state index in [1.165, 1.54) is 6.07 Å². The van der Waals surface area contributed by atoms with E-state index in [9.17, 15) is 14.0 Å². The number of benzene rings is 1. The second kappa shape index (κ2) is 7.30. The van der Waals surface area contributed by atoms with Gasteiger partial charge in [0.1, 0.15) is 5.82 Å². The second-order valence-electron chi connectivity index (χ2n) is 6.70. The van der Waals surface area contributed by atoms with Crippen LogP contribution in [-0.2, 0) is 16.1 Å². The third-order valence-electron chi connectivity index (χ3n) is 5.04. The summed E-state index contributed by atoms with van der Waals surface area (Å²) in [6.07, 6.45) is 1.07. The number of piperidine rings is 1. The number of hydrogen-bond donors (Lipinski definition) is 0. The maximum atomic E-state index is 13.7. The van der Waals surface area contributed by atoms with E-state index in [-0.39, 0.29) is 23.5 Å². The lowest BCUT2D eigenvalue weighted by Crippen LogP contribution is -2.51. The van der Waals surface area contributed by atoms with Crippen LogP contribution in [0.2, 0.25) is 0 Å². The Labute approximate surface area is 142 Å². The van der Waals surface area contributed by atoms with Gasteiger partial charge in [0.15, 0.2) is 0 Å². The quantitative estimate of drug-likeness (QED) is 0.838. The molecular weight excluding hydrogens is 309 g/mol. The first-order valence-electron chi connectivity index (χ1n) is 8.53. The van der Waals surface area contributed by atoms with Crippen molar-refractivity contribution < 1.29 is 14.0 Å². The van der Waals surface area contributed by atoms with Gasteiger partial charge in [-0.25, -0.2) is 4.39 Å². The van der Waals surface area contributed by atoms with Gasteiger partial charge in [-0.15, -0.1) is 0 Å². The fourth-order valence-corrected chi connectivity index (χ4v) is 3.41. The number of nitrogens with zero attached hydrogens (tertiary/aromatic N) is 3. The SMILES string of the molecule is CN1CCC(C(=O)N2CCN(Cc3ccccc3F)CC2)CC1=O. The van der Waals surface area contributed by atoms with Gasteiger partial charge in [-0.2, -0.15) is 0 Å². The summed E-state index contributed by atoms with van der Waals surface area (Å²) in [5, 5.41) is 0. The first-order valence-corrected chi connectivity index (χ1v) is 8.53. The molecule has 1 aromatic carbocycles. The van der Waals surface area contributed by atoms with Crippen LogP contribution in [0, 0.1) is 11.7 Å². The molecule has 2 heterocycles. The summed E-state index contributed by atoms with van der Waals surface area (Å²) in [5.41, 5.74) is 0.693. The number of carbonyl (C=O) groups is 2. The highest BCUT2D eigenvalue weighted by Gasteiger charge is 2.32. The van der Waals surface area contributed by atoms with E-state index in [0.717, 1.165) is 19.5 Å². The molecule has 0 aliphatic carbocycles. The van der Waals surface area contributed by atoms with E-state index in [1.807, 2.05) is 11.0 Å². The fourth-order valence-electron chi connectivity index (χ4n) is 3.41. The summed E-state index contributed by atoms with van der Waals surface area (Å²) in [6.45, 7) is 3.99. The van der Waals surface area contributed by atoms with Crippen molar-refractivity contribution in [1.29, 1.82) is 0 Å². The van der Waals surface area contributed by atoms with Crippen molar-refractivity contribution >= 4 is 11.8 Å². The van der Waals surface area contributed by atoms with E-state index in [0.29, 0.717) is 38.2 Å². The van der Waals surface area contributed by atoms with Crippen LogP contribution < -0.4 is 0 Å². The highest BCUT2D eigenvalue weighted by Crippen LogP contribution is 2.21. The van der Waals surface area contributed by atoms with Crippen LogP contribution in [0.5, 0.6) is 0 Å². The molecule has 1 unspecified atom stereocenters. The minimum Gasteiger partial charge on any atom is -0.346 e. The molecule has 1 atom stereocenters. The molecule has 24 heavy (non-hydrogen) atoms. The summed E-state index contributed by atoms with van der Waals surface area (Å²) in [4.78, 5) is 30.1.